The van der Waals surface area contributed by atoms with Gasteiger partial charge in [0.2, 0.25) is 0 Å². The minimum absolute atomic E-state index is 0.0384. The van der Waals surface area contributed by atoms with Crippen molar-refractivity contribution < 1.29 is 9.84 Å². The SMILES string of the molecule is Cc1cccc(COc2ccc(-c3nn(CCO)cc3-c3ccncc3)cc2)n1. The zero-order valence-corrected chi connectivity index (χ0v) is 16.2. The minimum atomic E-state index is 0.0384. The molecule has 0 aliphatic heterocycles. The van der Waals surface area contributed by atoms with E-state index in [1.807, 2.05) is 67.7 Å². The highest BCUT2D eigenvalue weighted by Crippen LogP contribution is 2.31. The van der Waals surface area contributed by atoms with Gasteiger partial charge in [-0.1, -0.05) is 6.07 Å². The third-order valence-electron chi connectivity index (χ3n) is 4.54. The maximum atomic E-state index is 9.28. The highest BCUT2D eigenvalue weighted by molar-refractivity contribution is 5.80. The molecule has 4 aromatic rings. The van der Waals surface area contributed by atoms with Gasteiger partial charge in [-0.3, -0.25) is 14.6 Å². The van der Waals surface area contributed by atoms with Crippen molar-refractivity contribution >= 4 is 0 Å². The van der Waals surface area contributed by atoms with E-state index in [1.165, 1.54) is 0 Å². The maximum Gasteiger partial charge on any atom is 0.130 e. The first-order chi connectivity index (χ1) is 14.2. The highest BCUT2D eigenvalue weighted by Gasteiger charge is 2.13. The summed E-state index contributed by atoms with van der Waals surface area (Å²) in [6.45, 7) is 2.88. The number of hydrogen-bond donors (Lipinski definition) is 1. The van der Waals surface area contributed by atoms with E-state index in [-0.39, 0.29) is 6.61 Å². The predicted octanol–water partition coefficient (Wildman–Crippen LogP) is 3.89. The van der Waals surface area contributed by atoms with E-state index in [1.54, 1.807) is 17.1 Å². The lowest BCUT2D eigenvalue weighted by molar-refractivity contribution is 0.269. The topological polar surface area (TPSA) is 73.1 Å². The summed E-state index contributed by atoms with van der Waals surface area (Å²) in [5, 5.41) is 13.9. The molecule has 0 unspecified atom stereocenters. The molecule has 3 heterocycles. The second-order valence-electron chi connectivity index (χ2n) is 6.70. The Kier molecular flexibility index (Phi) is 5.63. The molecule has 6 nitrogen and oxygen atoms in total. The molecule has 0 radical (unpaired) electrons. The van der Waals surface area contributed by atoms with Crippen LogP contribution in [0.2, 0.25) is 0 Å². The molecule has 0 fully saturated rings. The highest BCUT2D eigenvalue weighted by atomic mass is 16.5. The lowest BCUT2D eigenvalue weighted by atomic mass is 10.0. The number of rotatable bonds is 7. The van der Waals surface area contributed by atoms with Crippen molar-refractivity contribution in [1.29, 1.82) is 0 Å². The lowest BCUT2D eigenvalue weighted by Crippen LogP contribution is -2.02. The second-order valence-corrected chi connectivity index (χ2v) is 6.70. The van der Waals surface area contributed by atoms with E-state index in [0.29, 0.717) is 13.2 Å². The largest absolute Gasteiger partial charge is 0.487 e. The molecule has 3 aromatic heterocycles. The van der Waals surface area contributed by atoms with E-state index < -0.39 is 0 Å². The molecule has 0 aliphatic carbocycles. The molecule has 1 N–H and O–H groups in total. The van der Waals surface area contributed by atoms with Crippen LogP contribution in [0.5, 0.6) is 5.75 Å². The molecule has 4 rings (SSSR count). The van der Waals surface area contributed by atoms with Crippen molar-refractivity contribution in [2.24, 2.45) is 0 Å². The van der Waals surface area contributed by atoms with Crippen molar-refractivity contribution in [3.63, 3.8) is 0 Å². The molecular weight excluding hydrogens is 364 g/mol. The summed E-state index contributed by atoms with van der Waals surface area (Å²) in [5.74, 6) is 0.775. The molecule has 6 heteroatoms. The third kappa shape index (κ3) is 4.50. The van der Waals surface area contributed by atoms with Gasteiger partial charge in [-0.05, 0) is 61.0 Å². The van der Waals surface area contributed by atoms with Gasteiger partial charge in [0.1, 0.15) is 18.1 Å². The van der Waals surface area contributed by atoms with Crippen molar-refractivity contribution in [3.8, 4) is 28.1 Å². The summed E-state index contributed by atoms with van der Waals surface area (Å²) in [6, 6.07) is 17.7. The first-order valence-electron chi connectivity index (χ1n) is 9.47. The zero-order valence-electron chi connectivity index (χ0n) is 16.2. The molecule has 0 bridgehead atoms. The zero-order chi connectivity index (χ0) is 20.1. The molecule has 0 aliphatic rings. The quantitative estimate of drug-likeness (QED) is 0.522. The summed E-state index contributed by atoms with van der Waals surface area (Å²) in [7, 11) is 0. The fraction of sp³-hybridized carbons (Fsp3) is 0.174. The van der Waals surface area contributed by atoms with Crippen molar-refractivity contribution in [3.05, 3.63) is 84.6 Å². The third-order valence-corrected chi connectivity index (χ3v) is 4.54. The van der Waals surface area contributed by atoms with Crippen LogP contribution in [0.4, 0.5) is 0 Å². The molecule has 0 saturated heterocycles. The summed E-state index contributed by atoms with van der Waals surface area (Å²) < 4.78 is 7.63. The van der Waals surface area contributed by atoms with Crippen LogP contribution < -0.4 is 4.74 Å². The Morgan fingerprint density at radius 2 is 1.76 bits per heavy atom. The van der Waals surface area contributed by atoms with E-state index >= 15 is 0 Å². The van der Waals surface area contributed by atoms with Crippen LogP contribution in [0.3, 0.4) is 0 Å². The number of aliphatic hydroxyl groups excluding tert-OH is 1. The number of benzene rings is 1. The summed E-state index contributed by atoms with van der Waals surface area (Å²) in [6.07, 6.45) is 5.48. The number of hydrogen-bond acceptors (Lipinski definition) is 5. The van der Waals surface area contributed by atoms with Crippen molar-refractivity contribution in [2.45, 2.75) is 20.1 Å². The molecule has 1 aromatic carbocycles. The molecule has 146 valence electrons. The van der Waals surface area contributed by atoms with Crippen LogP contribution >= 0.6 is 0 Å². The van der Waals surface area contributed by atoms with Crippen LogP contribution in [-0.2, 0) is 13.2 Å². The predicted molar refractivity (Wildman–Crippen MR) is 111 cm³/mol. The Balaban J connectivity index is 1.57. The van der Waals surface area contributed by atoms with E-state index in [2.05, 4.69) is 15.1 Å². The van der Waals surface area contributed by atoms with Crippen molar-refractivity contribution in [2.75, 3.05) is 6.61 Å². The first kappa shape index (κ1) is 18.8. The molecule has 29 heavy (non-hydrogen) atoms. The first-order valence-corrected chi connectivity index (χ1v) is 9.47. The average molecular weight is 386 g/mol. The van der Waals surface area contributed by atoms with Gasteiger partial charge in [-0.25, -0.2) is 0 Å². The number of nitrogens with zero attached hydrogens (tertiary/aromatic N) is 4. The van der Waals surface area contributed by atoms with Crippen LogP contribution in [-0.4, -0.2) is 31.5 Å². The maximum absolute atomic E-state index is 9.28. The summed E-state index contributed by atoms with van der Waals surface area (Å²) in [4.78, 5) is 8.55. The minimum Gasteiger partial charge on any atom is -0.487 e. The Hall–Kier alpha value is -3.51. The Morgan fingerprint density at radius 1 is 0.966 bits per heavy atom. The lowest BCUT2D eigenvalue weighted by Gasteiger charge is -2.08. The van der Waals surface area contributed by atoms with Crippen LogP contribution in [0.25, 0.3) is 22.4 Å². The van der Waals surface area contributed by atoms with E-state index in [0.717, 1.165) is 39.5 Å². The van der Waals surface area contributed by atoms with Gasteiger partial charge >= 0.3 is 0 Å². The Labute approximate surface area is 169 Å². The smallest absolute Gasteiger partial charge is 0.130 e. The second kappa shape index (κ2) is 8.67. The van der Waals surface area contributed by atoms with Gasteiger partial charge in [0, 0.05) is 35.4 Å². The molecule has 0 spiro atoms. The monoisotopic (exact) mass is 386 g/mol. The Bertz CT molecular complexity index is 1080. The van der Waals surface area contributed by atoms with Gasteiger partial charge in [0.05, 0.1) is 18.8 Å². The fourth-order valence-electron chi connectivity index (χ4n) is 3.14. The van der Waals surface area contributed by atoms with Gasteiger partial charge in [-0.2, -0.15) is 5.10 Å². The number of aromatic nitrogens is 4. The average Bonchev–Trinajstić information content (AvgIpc) is 3.18. The molecule has 0 saturated carbocycles. The van der Waals surface area contributed by atoms with Crippen LogP contribution in [0.1, 0.15) is 11.4 Å². The summed E-state index contributed by atoms with van der Waals surface area (Å²) in [5.41, 5.74) is 5.75. The molecular formula is C23H22N4O2. The Morgan fingerprint density at radius 3 is 2.48 bits per heavy atom. The molecule has 0 amide bonds. The van der Waals surface area contributed by atoms with Crippen LogP contribution in [0, 0.1) is 6.92 Å². The fourth-order valence-corrected chi connectivity index (χ4v) is 3.14. The summed E-state index contributed by atoms with van der Waals surface area (Å²) >= 11 is 0. The van der Waals surface area contributed by atoms with E-state index in [9.17, 15) is 5.11 Å². The number of aliphatic hydroxyl groups is 1. The standard InChI is InChI=1S/C23H22N4O2/c1-17-3-2-4-20(25-17)16-29-21-7-5-19(6-8-21)23-22(15-27(26-23)13-14-28)18-9-11-24-12-10-18/h2-12,15,28H,13-14,16H2,1H3. The van der Waals surface area contributed by atoms with Crippen molar-refractivity contribution in [1.82, 2.24) is 19.7 Å². The van der Waals surface area contributed by atoms with Gasteiger partial charge < -0.3 is 9.84 Å². The van der Waals surface area contributed by atoms with Gasteiger partial charge in [0.15, 0.2) is 0 Å². The van der Waals surface area contributed by atoms with Crippen LogP contribution in [0.15, 0.2) is 73.2 Å². The number of aryl methyl sites for hydroxylation is 1. The van der Waals surface area contributed by atoms with Gasteiger partial charge in [-0.15, -0.1) is 0 Å². The van der Waals surface area contributed by atoms with Gasteiger partial charge in [0.25, 0.3) is 0 Å². The van der Waals surface area contributed by atoms with E-state index in [4.69, 9.17) is 4.74 Å². The number of pyridine rings is 2. The molecule has 0 atom stereocenters. The number of ether oxygens (including phenoxy) is 1. The normalized spacial score (nSPS) is 10.8.